The molecule has 0 atom stereocenters. The van der Waals surface area contributed by atoms with Crippen molar-refractivity contribution in [3.05, 3.63) is 23.8 Å². The van der Waals surface area contributed by atoms with Gasteiger partial charge in [-0.05, 0) is 31.4 Å². The van der Waals surface area contributed by atoms with Gasteiger partial charge in [-0.2, -0.15) is 11.8 Å². The number of hydrogen-bond acceptors (Lipinski definition) is 3. The number of hydrogen-bond donors (Lipinski definition) is 0. The molecule has 0 aliphatic carbocycles. The maximum absolute atomic E-state index is 5.85. The zero-order chi connectivity index (χ0) is 12.5. The van der Waals surface area contributed by atoms with Crippen LogP contribution in [-0.4, -0.2) is 25.2 Å². The summed E-state index contributed by atoms with van der Waals surface area (Å²) in [4.78, 5) is 0. The van der Waals surface area contributed by atoms with Gasteiger partial charge in [-0.25, -0.2) is 0 Å². The first-order chi connectivity index (χ1) is 8.33. The van der Waals surface area contributed by atoms with Crippen LogP contribution in [0, 0.1) is 0 Å². The summed E-state index contributed by atoms with van der Waals surface area (Å²) in [6.07, 6.45) is 3.17. The highest BCUT2D eigenvalue weighted by atomic mass is 79.9. The Kier molecular flexibility index (Phi) is 7.53. The molecule has 0 fully saturated rings. The number of benzene rings is 1. The maximum Gasteiger partial charge on any atom is 0.165 e. The van der Waals surface area contributed by atoms with Crippen LogP contribution in [-0.2, 0) is 5.33 Å². The highest BCUT2D eigenvalue weighted by Gasteiger charge is 2.09. The van der Waals surface area contributed by atoms with E-state index in [0.717, 1.165) is 41.2 Å². The number of para-hydroxylation sites is 1. The Morgan fingerprint density at radius 2 is 2.12 bits per heavy atom. The Balaban J connectivity index is 2.70. The minimum Gasteiger partial charge on any atom is -0.490 e. The van der Waals surface area contributed by atoms with Crippen LogP contribution in [0.5, 0.6) is 11.5 Å². The number of alkyl halides is 1. The molecule has 0 aliphatic rings. The van der Waals surface area contributed by atoms with Crippen molar-refractivity contribution in [1.82, 2.24) is 0 Å². The van der Waals surface area contributed by atoms with Gasteiger partial charge in [-0.15, -0.1) is 0 Å². The summed E-state index contributed by atoms with van der Waals surface area (Å²) in [5.74, 6) is 2.85. The highest BCUT2D eigenvalue weighted by molar-refractivity contribution is 9.08. The maximum atomic E-state index is 5.85. The third-order valence-corrected chi connectivity index (χ3v) is 3.54. The molecule has 0 amide bonds. The summed E-state index contributed by atoms with van der Waals surface area (Å²) in [6.45, 7) is 3.39. The van der Waals surface area contributed by atoms with Crippen LogP contribution < -0.4 is 9.47 Å². The smallest absolute Gasteiger partial charge is 0.165 e. The molecule has 1 rings (SSSR count). The molecule has 96 valence electrons. The molecule has 0 aliphatic heterocycles. The van der Waals surface area contributed by atoms with E-state index in [1.807, 2.05) is 30.8 Å². The van der Waals surface area contributed by atoms with Crippen molar-refractivity contribution >= 4 is 27.7 Å². The summed E-state index contributed by atoms with van der Waals surface area (Å²) >= 11 is 5.32. The van der Waals surface area contributed by atoms with Gasteiger partial charge in [0, 0.05) is 10.9 Å². The highest BCUT2D eigenvalue weighted by Crippen LogP contribution is 2.32. The summed E-state index contributed by atoms with van der Waals surface area (Å²) in [6, 6.07) is 6.01. The second-order valence-corrected chi connectivity index (χ2v) is 5.05. The number of thioether (sulfide) groups is 1. The largest absolute Gasteiger partial charge is 0.490 e. The van der Waals surface area contributed by atoms with Gasteiger partial charge in [0.1, 0.15) is 0 Å². The van der Waals surface area contributed by atoms with Gasteiger partial charge in [0.15, 0.2) is 11.5 Å². The van der Waals surface area contributed by atoms with E-state index in [1.54, 1.807) is 0 Å². The van der Waals surface area contributed by atoms with E-state index in [2.05, 4.69) is 28.3 Å². The minimum absolute atomic E-state index is 0.660. The molecule has 0 saturated carbocycles. The first-order valence-electron chi connectivity index (χ1n) is 5.75. The second-order valence-electron chi connectivity index (χ2n) is 3.51. The third-order valence-electron chi connectivity index (χ3n) is 2.24. The molecule has 0 saturated heterocycles. The van der Waals surface area contributed by atoms with Gasteiger partial charge in [0.2, 0.25) is 0 Å². The van der Waals surface area contributed by atoms with Gasteiger partial charge >= 0.3 is 0 Å². The topological polar surface area (TPSA) is 18.5 Å². The lowest BCUT2D eigenvalue weighted by Gasteiger charge is -2.14. The molecule has 0 spiro atoms. The van der Waals surface area contributed by atoms with E-state index in [4.69, 9.17) is 9.47 Å². The number of ether oxygens (including phenoxy) is 2. The van der Waals surface area contributed by atoms with Crippen LogP contribution in [0.4, 0.5) is 0 Å². The van der Waals surface area contributed by atoms with Gasteiger partial charge in [-0.1, -0.05) is 28.1 Å². The summed E-state index contributed by atoms with van der Waals surface area (Å²) in [7, 11) is 0. The van der Waals surface area contributed by atoms with E-state index in [9.17, 15) is 0 Å². The lowest BCUT2D eigenvalue weighted by molar-refractivity contribution is 0.276. The van der Waals surface area contributed by atoms with Gasteiger partial charge in [0.05, 0.1) is 13.2 Å². The Hall–Kier alpha value is -0.350. The Bertz CT molecular complexity index is 331. The van der Waals surface area contributed by atoms with Crippen LogP contribution in [0.2, 0.25) is 0 Å². The fourth-order valence-corrected chi connectivity index (χ4v) is 2.33. The zero-order valence-corrected chi connectivity index (χ0v) is 12.8. The van der Waals surface area contributed by atoms with E-state index in [0.29, 0.717) is 6.61 Å². The number of rotatable bonds is 8. The molecule has 0 radical (unpaired) electrons. The van der Waals surface area contributed by atoms with E-state index >= 15 is 0 Å². The second kappa shape index (κ2) is 8.70. The molecular weight excluding hydrogens is 300 g/mol. The average Bonchev–Trinajstić information content (AvgIpc) is 2.36. The molecular formula is C13H19BrO2S. The van der Waals surface area contributed by atoms with Crippen molar-refractivity contribution in [2.45, 2.75) is 18.7 Å². The molecule has 0 heterocycles. The predicted octanol–water partition coefficient (Wildman–Crippen LogP) is 4.11. The summed E-state index contributed by atoms with van der Waals surface area (Å²) < 4.78 is 11.4. The van der Waals surface area contributed by atoms with E-state index < -0.39 is 0 Å². The molecule has 4 heteroatoms. The minimum atomic E-state index is 0.660. The Morgan fingerprint density at radius 3 is 2.76 bits per heavy atom. The van der Waals surface area contributed by atoms with E-state index in [-0.39, 0.29) is 0 Å². The van der Waals surface area contributed by atoms with Crippen molar-refractivity contribution in [2.75, 3.05) is 25.2 Å². The van der Waals surface area contributed by atoms with Crippen molar-refractivity contribution < 1.29 is 9.47 Å². The molecule has 2 nitrogen and oxygen atoms in total. The summed E-state index contributed by atoms with van der Waals surface area (Å²) in [5.41, 5.74) is 1.14. The normalized spacial score (nSPS) is 10.3. The fourth-order valence-electron chi connectivity index (χ4n) is 1.48. The number of halogens is 1. The van der Waals surface area contributed by atoms with Crippen LogP contribution in [0.25, 0.3) is 0 Å². The Morgan fingerprint density at radius 1 is 1.29 bits per heavy atom. The predicted molar refractivity (Wildman–Crippen MR) is 78.7 cm³/mol. The van der Waals surface area contributed by atoms with Gasteiger partial charge in [-0.3, -0.25) is 0 Å². The average molecular weight is 319 g/mol. The zero-order valence-electron chi connectivity index (χ0n) is 10.4. The monoisotopic (exact) mass is 318 g/mol. The van der Waals surface area contributed by atoms with Gasteiger partial charge in [0.25, 0.3) is 0 Å². The molecule has 0 unspecified atom stereocenters. The van der Waals surface area contributed by atoms with Crippen molar-refractivity contribution in [3.63, 3.8) is 0 Å². The molecule has 17 heavy (non-hydrogen) atoms. The Labute approximate surface area is 116 Å². The lowest BCUT2D eigenvalue weighted by atomic mass is 10.2. The van der Waals surface area contributed by atoms with Crippen LogP contribution >= 0.6 is 27.7 Å². The quantitative estimate of drug-likeness (QED) is 0.531. The molecule has 0 bridgehead atoms. The lowest BCUT2D eigenvalue weighted by Crippen LogP contribution is -2.03. The van der Waals surface area contributed by atoms with Crippen molar-refractivity contribution in [3.8, 4) is 11.5 Å². The van der Waals surface area contributed by atoms with Crippen LogP contribution in [0.15, 0.2) is 18.2 Å². The summed E-state index contributed by atoms with van der Waals surface area (Å²) in [5, 5.41) is 0.784. The first-order valence-corrected chi connectivity index (χ1v) is 8.27. The van der Waals surface area contributed by atoms with Crippen molar-refractivity contribution in [2.24, 2.45) is 0 Å². The SMILES string of the molecule is CCOc1cccc(CBr)c1OCCCSC. The fraction of sp³-hybridized carbons (Fsp3) is 0.538. The molecule has 0 N–H and O–H groups in total. The first kappa shape index (κ1) is 14.7. The standard InChI is InChI=1S/C13H19BrO2S/c1-3-15-12-7-4-6-11(10-14)13(12)16-8-5-9-17-2/h4,6-7H,3,5,8-10H2,1-2H3. The van der Waals surface area contributed by atoms with E-state index in [1.165, 1.54) is 0 Å². The van der Waals surface area contributed by atoms with Crippen molar-refractivity contribution in [1.29, 1.82) is 0 Å². The molecule has 0 aromatic heterocycles. The molecule has 1 aromatic rings. The van der Waals surface area contributed by atoms with Gasteiger partial charge < -0.3 is 9.47 Å². The van der Waals surface area contributed by atoms with Crippen LogP contribution in [0.1, 0.15) is 18.9 Å². The molecule has 1 aromatic carbocycles. The van der Waals surface area contributed by atoms with Crippen LogP contribution in [0.3, 0.4) is 0 Å². The third kappa shape index (κ3) is 4.80.